The lowest BCUT2D eigenvalue weighted by molar-refractivity contribution is -0.126. The molecular formula is C16H31NO. The lowest BCUT2D eigenvalue weighted by Crippen LogP contribution is -2.34. The topological polar surface area (TPSA) is 29.1 Å². The van der Waals surface area contributed by atoms with Gasteiger partial charge in [0.2, 0.25) is 5.91 Å². The van der Waals surface area contributed by atoms with Gasteiger partial charge in [-0.05, 0) is 43.9 Å². The summed E-state index contributed by atoms with van der Waals surface area (Å²) in [6, 6.07) is 0. The van der Waals surface area contributed by atoms with Crippen molar-refractivity contribution in [3.05, 3.63) is 0 Å². The van der Waals surface area contributed by atoms with Crippen LogP contribution in [0.15, 0.2) is 0 Å². The summed E-state index contributed by atoms with van der Waals surface area (Å²) in [6.07, 6.45) is 9.88. The van der Waals surface area contributed by atoms with Gasteiger partial charge in [0.25, 0.3) is 0 Å². The smallest absolute Gasteiger partial charge is 0.223 e. The van der Waals surface area contributed by atoms with Gasteiger partial charge in [-0.2, -0.15) is 0 Å². The van der Waals surface area contributed by atoms with Crippen LogP contribution < -0.4 is 5.32 Å². The highest BCUT2D eigenvalue weighted by molar-refractivity contribution is 5.78. The van der Waals surface area contributed by atoms with E-state index < -0.39 is 0 Å². The molecule has 1 amide bonds. The van der Waals surface area contributed by atoms with Crippen LogP contribution in [0.2, 0.25) is 0 Å². The molecule has 0 aliphatic heterocycles. The molecular weight excluding hydrogens is 222 g/mol. The highest BCUT2D eigenvalue weighted by Crippen LogP contribution is 2.31. The van der Waals surface area contributed by atoms with Crippen LogP contribution >= 0.6 is 0 Å². The maximum absolute atomic E-state index is 12.0. The van der Waals surface area contributed by atoms with Gasteiger partial charge >= 0.3 is 0 Å². The Morgan fingerprint density at radius 2 is 1.89 bits per heavy atom. The molecule has 1 N–H and O–H groups in total. The molecule has 0 radical (unpaired) electrons. The van der Waals surface area contributed by atoms with Gasteiger partial charge in [0.1, 0.15) is 0 Å². The van der Waals surface area contributed by atoms with E-state index in [0.717, 1.165) is 31.7 Å². The SMILES string of the molecule is CCCCC1CCC(C(=O)NCCC(C)C)CC1. The number of nitrogens with one attached hydrogen (secondary N) is 1. The normalized spacial score (nSPS) is 24.2. The maximum Gasteiger partial charge on any atom is 0.223 e. The minimum Gasteiger partial charge on any atom is -0.356 e. The van der Waals surface area contributed by atoms with E-state index in [1.54, 1.807) is 0 Å². The predicted octanol–water partition coefficient (Wildman–Crippen LogP) is 4.15. The number of carbonyl (C=O) groups is 1. The molecule has 0 aromatic heterocycles. The summed E-state index contributed by atoms with van der Waals surface area (Å²) in [5.74, 6) is 2.18. The summed E-state index contributed by atoms with van der Waals surface area (Å²) in [6.45, 7) is 7.51. The van der Waals surface area contributed by atoms with Crippen LogP contribution in [0.1, 0.15) is 72.1 Å². The number of hydrogen-bond donors (Lipinski definition) is 1. The van der Waals surface area contributed by atoms with Gasteiger partial charge in [-0.25, -0.2) is 0 Å². The molecule has 0 unspecified atom stereocenters. The minimum atomic E-state index is 0.301. The molecule has 18 heavy (non-hydrogen) atoms. The maximum atomic E-state index is 12.0. The second kappa shape index (κ2) is 8.55. The molecule has 0 heterocycles. The summed E-state index contributed by atoms with van der Waals surface area (Å²) >= 11 is 0. The summed E-state index contributed by atoms with van der Waals surface area (Å²) in [5.41, 5.74) is 0. The molecule has 0 aromatic carbocycles. The van der Waals surface area contributed by atoms with Crippen LogP contribution in [0, 0.1) is 17.8 Å². The molecule has 1 aliphatic rings. The van der Waals surface area contributed by atoms with Crippen molar-refractivity contribution in [1.29, 1.82) is 0 Å². The van der Waals surface area contributed by atoms with Crippen molar-refractivity contribution in [2.45, 2.75) is 72.1 Å². The van der Waals surface area contributed by atoms with Crippen molar-refractivity contribution in [2.75, 3.05) is 6.54 Å². The van der Waals surface area contributed by atoms with Crippen LogP contribution in [0.4, 0.5) is 0 Å². The Labute approximate surface area is 113 Å². The third kappa shape index (κ3) is 5.88. The van der Waals surface area contributed by atoms with Crippen molar-refractivity contribution in [2.24, 2.45) is 17.8 Å². The highest BCUT2D eigenvalue weighted by atomic mass is 16.1. The number of amides is 1. The second-order valence-corrected chi connectivity index (χ2v) is 6.33. The van der Waals surface area contributed by atoms with Crippen molar-refractivity contribution in [1.82, 2.24) is 5.32 Å². The van der Waals surface area contributed by atoms with E-state index in [1.807, 2.05) is 0 Å². The molecule has 0 aromatic rings. The van der Waals surface area contributed by atoms with Crippen LogP contribution in [-0.4, -0.2) is 12.5 Å². The first-order valence-electron chi connectivity index (χ1n) is 7.91. The molecule has 1 fully saturated rings. The fourth-order valence-electron chi connectivity index (χ4n) is 2.83. The third-order valence-electron chi connectivity index (χ3n) is 4.20. The Morgan fingerprint density at radius 3 is 2.44 bits per heavy atom. The average molecular weight is 253 g/mol. The van der Waals surface area contributed by atoms with Crippen molar-refractivity contribution in [3.8, 4) is 0 Å². The van der Waals surface area contributed by atoms with E-state index in [-0.39, 0.29) is 0 Å². The zero-order chi connectivity index (χ0) is 13.4. The lowest BCUT2D eigenvalue weighted by atomic mass is 9.79. The highest BCUT2D eigenvalue weighted by Gasteiger charge is 2.25. The molecule has 1 rings (SSSR count). The van der Waals surface area contributed by atoms with Gasteiger partial charge < -0.3 is 5.32 Å². The van der Waals surface area contributed by atoms with Gasteiger partial charge in [0, 0.05) is 12.5 Å². The van der Waals surface area contributed by atoms with E-state index >= 15 is 0 Å². The number of hydrogen-bond acceptors (Lipinski definition) is 1. The van der Waals surface area contributed by atoms with E-state index in [2.05, 4.69) is 26.1 Å². The Balaban J connectivity index is 2.15. The van der Waals surface area contributed by atoms with Gasteiger partial charge in [0.15, 0.2) is 0 Å². The lowest BCUT2D eigenvalue weighted by Gasteiger charge is -2.27. The summed E-state index contributed by atoms with van der Waals surface area (Å²) < 4.78 is 0. The standard InChI is InChI=1S/C16H31NO/c1-4-5-6-14-7-9-15(10-8-14)16(18)17-12-11-13(2)3/h13-15H,4-12H2,1-3H3,(H,17,18). The molecule has 0 spiro atoms. The number of carbonyl (C=O) groups excluding carboxylic acids is 1. The van der Waals surface area contributed by atoms with E-state index in [0.29, 0.717) is 17.7 Å². The Kier molecular flexibility index (Phi) is 7.38. The van der Waals surface area contributed by atoms with Crippen LogP contribution in [0.3, 0.4) is 0 Å². The molecule has 0 bridgehead atoms. The van der Waals surface area contributed by atoms with E-state index in [1.165, 1.54) is 32.1 Å². The Bertz CT molecular complexity index is 229. The summed E-state index contributed by atoms with van der Waals surface area (Å²) in [5, 5.41) is 3.10. The van der Waals surface area contributed by atoms with Crippen LogP contribution in [0.5, 0.6) is 0 Å². The Morgan fingerprint density at radius 1 is 1.22 bits per heavy atom. The molecule has 0 atom stereocenters. The van der Waals surface area contributed by atoms with Gasteiger partial charge in [0.05, 0.1) is 0 Å². The largest absolute Gasteiger partial charge is 0.356 e. The molecule has 0 saturated heterocycles. The van der Waals surface area contributed by atoms with Crippen LogP contribution in [0.25, 0.3) is 0 Å². The first kappa shape index (κ1) is 15.5. The quantitative estimate of drug-likeness (QED) is 0.725. The first-order valence-corrected chi connectivity index (χ1v) is 7.91. The number of unbranched alkanes of at least 4 members (excludes halogenated alkanes) is 1. The fourth-order valence-corrected chi connectivity index (χ4v) is 2.83. The average Bonchev–Trinajstić information content (AvgIpc) is 2.36. The molecule has 106 valence electrons. The van der Waals surface area contributed by atoms with Crippen molar-refractivity contribution >= 4 is 5.91 Å². The molecule has 1 saturated carbocycles. The number of rotatable bonds is 7. The summed E-state index contributed by atoms with van der Waals surface area (Å²) in [7, 11) is 0. The predicted molar refractivity (Wildman–Crippen MR) is 77.4 cm³/mol. The van der Waals surface area contributed by atoms with Crippen molar-refractivity contribution in [3.63, 3.8) is 0 Å². The molecule has 2 nitrogen and oxygen atoms in total. The zero-order valence-corrected chi connectivity index (χ0v) is 12.5. The second-order valence-electron chi connectivity index (χ2n) is 6.33. The first-order chi connectivity index (χ1) is 8.63. The molecule has 2 heteroatoms. The van der Waals surface area contributed by atoms with Gasteiger partial charge in [-0.15, -0.1) is 0 Å². The fraction of sp³-hybridized carbons (Fsp3) is 0.938. The minimum absolute atomic E-state index is 0.301. The summed E-state index contributed by atoms with van der Waals surface area (Å²) in [4.78, 5) is 12.0. The van der Waals surface area contributed by atoms with Gasteiger partial charge in [-0.1, -0.05) is 40.0 Å². The third-order valence-corrected chi connectivity index (χ3v) is 4.20. The van der Waals surface area contributed by atoms with Crippen molar-refractivity contribution < 1.29 is 4.79 Å². The van der Waals surface area contributed by atoms with E-state index in [4.69, 9.17) is 0 Å². The molecule has 1 aliphatic carbocycles. The van der Waals surface area contributed by atoms with Crippen LogP contribution in [-0.2, 0) is 4.79 Å². The van der Waals surface area contributed by atoms with E-state index in [9.17, 15) is 4.79 Å². The van der Waals surface area contributed by atoms with Gasteiger partial charge in [-0.3, -0.25) is 4.79 Å². The Hall–Kier alpha value is -0.530. The monoisotopic (exact) mass is 253 g/mol. The zero-order valence-electron chi connectivity index (χ0n) is 12.5.